The molecule has 214 valence electrons. The molecule has 9 nitrogen and oxygen atoms in total. The minimum atomic E-state index is -4.23. The molecule has 0 saturated heterocycles. The highest BCUT2D eigenvalue weighted by atomic mass is 32.2. The van der Waals surface area contributed by atoms with E-state index in [2.05, 4.69) is 5.32 Å². The third kappa shape index (κ3) is 7.32. The van der Waals surface area contributed by atoms with Gasteiger partial charge in [-0.1, -0.05) is 49.4 Å². The van der Waals surface area contributed by atoms with Crippen LogP contribution >= 0.6 is 0 Å². The molecule has 3 rings (SSSR count). The van der Waals surface area contributed by atoms with E-state index in [0.717, 1.165) is 16.3 Å². The van der Waals surface area contributed by atoms with E-state index >= 15 is 0 Å². The van der Waals surface area contributed by atoms with E-state index in [1.54, 1.807) is 31.2 Å². The van der Waals surface area contributed by atoms with Gasteiger partial charge in [-0.3, -0.25) is 13.9 Å². The second kappa shape index (κ2) is 13.8. The lowest BCUT2D eigenvalue weighted by molar-refractivity contribution is -0.139. The first-order chi connectivity index (χ1) is 19.1. The molecule has 0 aliphatic heterocycles. The summed E-state index contributed by atoms with van der Waals surface area (Å²) in [6.07, 6.45) is 0.729. The second-order valence-electron chi connectivity index (χ2n) is 9.36. The molecule has 0 aliphatic carbocycles. The van der Waals surface area contributed by atoms with Crippen LogP contribution in [-0.4, -0.2) is 58.0 Å². The Labute approximate surface area is 236 Å². The SMILES string of the molecule is CC[C@H](C)NC(=O)[C@H](C)N(Cc1ccccc1)C(=O)CN(c1ccccc1OC)S(=O)(=O)c1ccc(OC)cc1. The Morgan fingerprint density at radius 1 is 0.875 bits per heavy atom. The quantitative estimate of drug-likeness (QED) is 0.332. The van der Waals surface area contributed by atoms with Crippen LogP contribution in [0.3, 0.4) is 0 Å². The lowest BCUT2D eigenvalue weighted by atomic mass is 10.1. The molecule has 0 aliphatic rings. The van der Waals surface area contributed by atoms with Crippen molar-refractivity contribution < 1.29 is 27.5 Å². The largest absolute Gasteiger partial charge is 0.497 e. The summed E-state index contributed by atoms with van der Waals surface area (Å²) in [5.74, 6) is -0.0854. The van der Waals surface area contributed by atoms with Gasteiger partial charge in [0, 0.05) is 12.6 Å². The number of carbonyl (C=O) groups excluding carboxylic acids is 2. The Morgan fingerprint density at radius 3 is 2.10 bits per heavy atom. The van der Waals surface area contributed by atoms with E-state index in [1.165, 1.54) is 43.4 Å². The van der Waals surface area contributed by atoms with E-state index in [0.29, 0.717) is 5.75 Å². The van der Waals surface area contributed by atoms with E-state index in [1.807, 2.05) is 44.2 Å². The van der Waals surface area contributed by atoms with Gasteiger partial charge in [0.1, 0.15) is 24.1 Å². The molecular weight excluding hydrogens is 530 g/mol. The predicted molar refractivity (Wildman–Crippen MR) is 155 cm³/mol. The van der Waals surface area contributed by atoms with E-state index in [-0.39, 0.29) is 34.8 Å². The maximum absolute atomic E-state index is 14.0. The number of nitrogens with one attached hydrogen (secondary N) is 1. The van der Waals surface area contributed by atoms with Crippen LogP contribution in [0.2, 0.25) is 0 Å². The number of sulfonamides is 1. The number of rotatable bonds is 13. The molecule has 0 unspecified atom stereocenters. The predicted octanol–water partition coefficient (Wildman–Crippen LogP) is 4.23. The molecule has 3 aromatic rings. The number of anilines is 1. The topological polar surface area (TPSA) is 105 Å². The van der Waals surface area contributed by atoms with Crippen LogP contribution in [0.15, 0.2) is 83.8 Å². The number of para-hydroxylation sites is 2. The van der Waals surface area contributed by atoms with E-state index in [9.17, 15) is 18.0 Å². The van der Waals surface area contributed by atoms with Crippen LogP contribution in [0.4, 0.5) is 5.69 Å². The fourth-order valence-corrected chi connectivity index (χ4v) is 5.48. The highest BCUT2D eigenvalue weighted by Crippen LogP contribution is 2.33. The van der Waals surface area contributed by atoms with Gasteiger partial charge >= 0.3 is 0 Å². The molecule has 0 spiro atoms. The number of amides is 2. The zero-order valence-corrected chi connectivity index (χ0v) is 24.4. The highest BCUT2D eigenvalue weighted by molar-refractivity contribution is 7.92. The molecule has 0 heterocycles. The number of methoxy groups -OCH3 is 2. The van der Waals surface area contributed by atoms with Crippen molar-refractivity contribution in [3.05, 3.63) is 84.4 Å². The maximum atomic E-state index is 14.0. The van der Waals surface area contributed by atoms with E-state index in [4.69, 9.17) is 9.47 Å². The summed E-state index contributed by atoms with van der Waals surface area (Å²) in [4.78, 5) is 28.5. The zero-order valence-electron chi connectivity index (χ0n) is 23.5. The minimum absolute atomic E-state index is 0.0239. The Balaban J connectivity index is 2.05. The Kier molecular flexibility index (Phi) is 10.6. The number of benzene rings is 3. The maximum Gasteiger partial charge on any atom is 0.264 e. The fourth-order valence-electron chi connectivity index (χ4n) is 4.05. The van der Waals surface area contributed by atoms with Crippen LogP contribution in [-0.2, 0) is 26.2 Å². The van der Waals surface area contributed by atoms with Gasteiger partial charge in [-0.2, -0.15) is 0 Å². The third-order valence-electron chi connectivity index (χ3n) is 6.64. The summed E-state index contributed by atoms with van der Waals surface area (Å²) in [7, 11) is -1.31. The summed E-state index contributed by atoms with van der Waals surface area (Å²) in [5, 5.41) is 2.92. The van der Waals surface area contributed by atoms with Gasteiger partial charge in [0.25, 0.3) is 10.0 Å². The molecule has 1 N–H and O–H groups in total. The first kappa shape index (κ1) is 30.5. The lowest BCUT2D eigenvalue weighted by Gasteiger charge is -2.32. The number of hydrogen-bond acceptors (Lipinski definition) is 6. The number of carbonyl (C=O) groups is 2. The van der Waals surface area contributed by atoms with Crippen LogP contribution in [0.25, 0.3) is 0 Å². The number of ether oxygens (including phenoxy) is 2. The Morgan fingerprint density at radius 2 is 1.50 bits per heavy atom. The summed E-state index contributed by atoms with van der Waals surface area (Å²) in [5.41, 5.74) is 1.01. The van der Waals surface area contributed by atoms with Crippen molar-refractivity contribution >= 4 is 27.5 Å². The van der Waals surface area contributed by atoms with Crippen LogP contribution in [0.1, 0.15) is 32.8 Å². The number of hydrogen-bond donors (Lipinski definition) is 1. The second-order valence-corrected chi connectivity index (χ2v) is 11.2. The Hall–Kier alpha value is -4.05. The fraction of sp³-hybridized carbons (Fsp3) is 0.333. The normalized spacial score (nSPS) is 12.6. The van der Waals surface area contributed by atoms with Crippen molar-refractivity contribution in [2.24, 2.45) is 0 Å². The van der Waals surface area contributed by atoms with Crippen molar-refractivity contribution in [3.8, 4) is 11.5 Å². The van der Waals surface area contributed by atoms with Gasteiger partial charge in [0.15, 0.2) is 0 Å². The van der Waals surface area contributed by atoms with Crippen LogP contribution < -0.4 is 19.1 Å². The van der Waals surface area contributed by atoms with Crippen molar-refractivity contribution in [1.82, 2.24) is 10.2 Å². The van der Waals surface area contributed by atoms with Gasteiger partial charge in [0.2, 0.25) is 11.8 Å². The standard InChI is InChI=1S/C30H37N3O6S/c1-6-22(2)31-30(35)23(3)32(20-24-12-8-7-9-13-24)29(34)21-33(27-14-10-11-15-28(27)39-5)40(36,37)26-18-16-25(38-4)17-19-26/h7-19,22-23H,6,20-21H2,1-5H3,(H,31,35)/t22-,23-/m0/s1. The minimum Gasteiger partial charge on any atom is -0.497 e. The summed E-state index contributed by atoms with van der Waals surface area (Å²) >= 11 is 0. The molecule has 0 bridgehead atoms. The first-order valence-corrected chi connectivity index (χ1v) is 14.5. The first-order valence-electron chi connectivity index (χ1n) is 13.1. The summed E-state index contributed by atoms with van der Waals surface area (Å²) < 4.78 is 39.6. The average Bonchev–Trinajstić information content (AvgIpc) is 2.98. The van der Waals surface area contributed by atoms with E-state index < -0.39 is 28.5 Å². The van der Waals surface area contributed by atoms with Gasteiger partial charge in [0.05, 0.1) is 24.8 Å². The molecule has 0 aromatic heterocycles. The molecule has 0 fully saturated rings. The molecule has 3 aromatic carbocycles. The molecule has 2 atom stereocenters. The highest BCUT2D eigenvalue weighted by Gasteiger charge is 2.34. The zero-order chi connectivity index (χ0) is 29.3. The molecule has 40 heavy (non-hydrogen) atoms. The third-order valence-corrected chi connectivity index (χ3v) is 8.42. The van der Waals surface area contributed by atoms with Crippen molar-refractivity contribution in [2.45, 2.75) is 50.7 Å². The number of nitrogens with zero attached hydrogens (tertiary/aromatic N) is 2. The summed E-state index contributed by atoms with van der Waals surface area (Å²) in [6, 6.07) is 20.8. The Bertz CT molecular complexity index is 1380. The van der Waals surface area contributed by atoms with Crippen LogP contribution in [0.5, 0.6) is 11.5 Å². The van der Waals surface area contributed by atoms with Gasteiger partial charge in [-0.25, -0.2) is 8.42 Å². The van der Waals surface area contributed by atoms with Gasteiger partial charge < -0.3 is 19.7 Å². The molecule has 0 saturated carbocycles. The monoisotopic (exact) mass is 567 g/mol. The average molecular weight is 568 g/mol. The molecule has 10 heteroatoms. The van der Waals surface area contributed by atoms with Gasteiger partial charge in [-0.15, -0.1) is 0 Å². The molecule has 0 radical (unpaired) electrons. The smallest absolute Gasteiger partial charge is 0.264 e. The van der Waals surface area contributed by atoms with Crippen molar-refractivity contribution in [2.75, 3.05) is 25.1 Å². The lowest BCUT2D eigenvalue weighted by Crippen LogP contribution is -2.52. The van der Waals surface area contributed by atoms with Crippen LogP contribution in [0, 0.1) is 0 Å². The molecule has 2 amide bonds. The van der Waals surface area contributed by atoms with Crippen molar-refractivity contribution in [1.29, 1.82) is 0 Å². The molecular formula is C30H37N3O6S. The van der Waals surface area contributed by atoms with Gasteiger partial charge in [-0.05, 0) is 62.2 Å². The van der Waals surface area contributed by atoms with Crippen molar-refractivity contribution in [3.63, 3.8) is 0 Å². The summed E-state index contributed by atoms with van der Waals surface area (Å²) in [6.45, 7) is 5.06.